The highest BCUT2D eigenvalue weighted by Gasteiger charge is 2.35. The Morgan fingerprint density at radius 3 is 2.41 bits per heavy atom. The Kier molecular flexibility index (Phi) is 4.19. The fourth-order valence-corrected chi connectivity index (χ4v) is 1.84. The maximum absolute atomic E-state index is 12.7. The summed E-state index contributed by atoms with van der Waals surface area (Å²) in [4.78, 5) is 11.2. The van der Waals surface area contributed by atoms with E-state index in [2.05, 4.69) is 15.9 Å². The Hall–Kier alpha value is -1.04. The van der Waals surface area contributed by atoms with E-state index in [9.17, 15) is 18.0 Å². The van der Waals surface area contributed by atoms with Crippen LogP contribution in [0.2, 0.25) is 0 Å². The highest BCUT2D eigenvalue weighted by molar-refractivity contribution is 9.10. The van der Waals surface area contributed by atoms with Gasteiger partial charge in [-0.15, -0.1) is 0 Å². The molecule has 1 rings (SSSR count). The van der Waals surface area contributed by atoms with Crippen LogP contribution in [0.25, 0.3) is 0 Å². The molecular weight excluding hydrogens is 301 g/mol. The predicted molar refractivity (Wildman–Crippen MR) is 60.3 cm³/mol. The van der Waals surface area contributed by atoms with Crippen molar-refractivity contribution in [2.24, 2.45) is 0 Å². The lowest BCUT2D eigenvalue weighted by molar-refractivity contribution is -0.138. The lowest BCUT2D eigenvalue weighted by Gasteiger charge is -2.14. The summed E-state index contributed by atoms with van der Waals surface area (Å²) in [6, 6.07) is 2.11. The summed E-state index contributed by atoms with van der Waals surface area (Å²) in [6.45, 7) is 3.08. The Balaban J connectivity index is 3.43. The van der Waals surface area contributed by atoms with E-state index in [1.54, 1.807) is 6.92 Å². The van der Waals surface area contributed by atoms with Crippen LogP contribution >= 0.6 is 15.9 Å². The molecule has 0 amide bonds. The number of hydrogen-bond donors (Lipinski definition) is 0. The summed E-state index contributed by atoms with van der Waals surface area (Å²) in [5, 5.41) is 0. The van der Waals surface area contributed by atoms with Crippen molar-refractivity contribution in [3.05, 3.63) is 27.7 Å². The first-order valence-electron chi connectivity index (χ1n) is 4.81. The molecule has 0 aliphatic carbocycles. The molecule has 0 spiro atoms. The van der Waals surface area contributed by atoms with Crippen molar-refractivity contribution < 1.29 is 22.7 Å². The SMILES string of the molecule is CCOc1cc(C(C)=O)cc(C(F)(F)F)c1Br. The van der Waals surface area contributed by atoms with E-state index in [1.165, 1.54) is 13.0 Å². The van der Waals surface area contributed by atoms with Crippen molar-refractivity contribution in [1.29, 1.82) is 0 Å². The van der Waals surface area contributed by atoms with Crippen LogP contribution < -0.4 is 4.74 Å². The molecule has 17 heavy (non-hydrogen) atoms. The van der Waals surface area contributed by atoms with E-state index >= 15 is 0 Å². The Labute approximate surface area is 105 Å². The number of ether oxygens (including phenoxy) is 1. The van der Waals surface area contributed by atoms with Crippen LogP contribution in [-0.2, 0) is 6.18 Å². The van der Waals surface area contributed by atoms with Crippen molar-refractivity contribution in [1.82, 2.24) is 0 Å². The van der Waals surface area contributed by atoms with Gasteiger partial charge in [-0.05, 0) is 41.9 Å². The van der Waals surface area contributed by atoms with Crippen LogP contribution in [-0.4, -0.2) is 12.4 Å². The minimum atomic E-state index is -4.53. The highest BCUT2D eigenvalue weighted by atomic mass is 79.9. The molecule has 94 valence electrons. The van der Waals surface area contributed by atoms with E-state index in [1.807, 2.05) is 0 Å². The van der Waals surface area contributed by atoms with Crippen LogP contribution in [0.15, 0.2) is 16.6 Å². The van der Waals surface area contributed by atoms with Crippen molar-refractivity contribution in [2.45, 2.75) is 20.0 Å². The molecule has 0 saturated heterocycles. The molecule has 0 heterocycles. The zero-order valence-electron chi connectivity index (χ0n) is 9.19. The van der Waals surface area contributed by atoms with Gasteiger partial charge in [0.05, 0.1) is 16.6 Å². The Bertz CT molecular complexity index is 441. The molecule has 0 radical (unpaired) electrons. The van der Waals surface area contributed by atoms with Crippen molar-refractivity contribution in [3.63, 3.8) is 0 Å². The average Bonchev–Trinajstić information content (AvgIpc) is 2.19. The second kappa shape index (κ2) is 5.08. The van der Waals surface area contributed by atoms with Crippen LogP contribution in [0.1, 0.15) is 29.8 Å². The minimum Gasteiger partial charge on any atom is -0.493 e. The molecule has 0 N–H and O–H groups in total. The first kappa shape index (κ1) is 14.0. The zero-order chi connectivity index (χ0) is 13.2. The first-order valence-corrected chi connectivity index (χ1v) is 5.61. The van der Waals surface area contributed by atoms with Gasteiger partial charge in [-0.2, -0.15) is 13.2 Å². The molecule has 1 aromatic rings. The van der Waals surface area contributed by atoms with Crippen molar-refractivity contribution in [2.75, 3.05) is 6.61 Å². The summed E-state index contributed by atoms with van der Waals surface area (Å²) in [6.07, 6.45) is -4.53. The first-order chi connectivity index (χ1) is 7.77. The van der Waals surface area contributed by atoms with Gasteiger partial charge in [-0.25, -0.2) is 0 Å². The molecule has 0 saturated carbocycles. The molecule has 0 aliphatic heterocycles. The number of Topliss-reactive ketones (excluding diaryl/α,β-unsaturated/α-hetero) is 1. The quantitative estimate of drug-likeness (QED) is 0.787. The number of carbonyl (C=O) groups is 1. The monoisotopic (exact) mass is 310 g/mol. The van der Waals surface area contributed by atoms with Gasteiger partial charge < -0.3 is 4.74 Å². The summed E-state index contributed by atoms with van der Waals surface area (Å²) in [5.41, 5.74) is -0.933. The minimum absolute atomic E-state index is 0.0209. The van der Waals surface area contributed by atoms with E-state index in [0.717, 1.165) is 6.07 Å². The van der Waals surface area contributed by atoms with Crippen LogP contribution in [0.5, 0.6) is 5.75 Å². The normalized spacial score (nSPS) is 11.4. The largest absolute Gasteiger partial charge is 0.493 e. The fraction of sp³-hybridized carbons (Fsp3) is 0.364. The Morgan fingerprint density at radius 2 is 2.00 bits per heavy atom. The lowest BCUT2D eigenvalue weighted by Crippen LogP contribution is -2.09. The highest BCUT2D eigenvalue weighted by Crippen LogP contribution is 2.40. The Morgan fingerprint density at radius 1 is 1.41 bits per heavy atom. The smallest absolute Gasteiger partial charge is 0.417 e. The van der Waals surface area contributed by atoms with E-state index in [0.29, 0.717) is 0 Å². The number of ketones is 1. The predicted octanol–water partition coefficient (Wildman–Crippen LogP) is 4.07. The summed E-state index contributed by atoms with van der Waals surface area (Å²) < 4.78 is 43.0. The van der Waals surface area contributed by atoms with Crippen molar-refractivity contribution in [3.8, 4) is 5.75 Å². The third-order valence-electron chi connectivity index (χ3n) is 2.05. The van der Waals surface area contributed by atoms with Gasteiger partial charge in [0.15, 0.2) is 5.78 Å². The van der Waals surface area contributed by atoms with Gasteiger partial charge in [0, 0.05) is 5.56 Å². The van der Waals surface area contributed by atoms with Crippen LogP contribution in [0, 0.1) is 0 Å². The van der Waals surface area contributed by atoms with Gasteiger partial charge in [-0.3, -0.25) is 4.79 Å². The van der Waals surface area contributed by atoms with Crippen LogP contribution in [0.3, 0.4) is 0 Å². The molecule has 0 aromatic heterocycles. The molecule has 0 aliphatic rings. The van der Waals surface area contributed by atoms with Crippen molar-refractivity contribution >= 4 is 21.7 Å². The fourth-order valence-electron chi connectivity index (χ4n) is 1.27. The zero-order valence-corrected chi connectivity index (χ0v) is 10.8. The van der Waals surface area contributed by atoms with Gasteiger partial charge in [0.25, 0.3) is 0 Å². The van der Waals surface area contributed by atoms with E-state index in [-0.39, 0.29) is 22.4 Å². The third kappa shape index (κ3) is 3.21. The summed E-state index contributed by atoms with van der Waals surface area (Å²) in [7, 11) is 0. The number of halogens is 4. The number of benzene rings is 1. The number of carbonyl (C=O) groups excluding carboxylic acids is 1. The van der Waals surface area contributed by atoms with Gasteiger partial charge in [0.1, 0.15) is 5.75 Å². The van der Waals surface area contributed by atoms with Gasteiger partial charge >= 0.3 is 6.18 Å². The van der Waals surface area contributed by atoms with E-state index < -0.39 is 17.5 Å². The molecule has 0 fully saturated rings. The number of alkyl halides is 3. The summed E-state index contributed by atoms with van der Waals surface area (Å²) >= 11 is 2.85. The topological polar surface area (TPSA) is 26.3 Å². The maximum Gasteiger partial charge on any atom is 0.417 e. The molecule has 1 aromatic carbocycles. The second-order valence-electron chi connectivity index (χ2n) is 3.32. The number of hydrogen-bond acceptors (Lipinski definition) is 2. The standard InChI is InChI=1S/C11H10BrF3O2/c1-3-17-9-5-7(6(2)16)4-8(10(9)12)11(13,14)15/h4-5H,3H2,1-2H3. The lowest BCUT2D eigenvalue weighted by atomic mass is 10.1. The second-order valence-corrected chi connectivity index (χ2v) is 4.12. The molecule has 0 unspecified atom stereocenters. The third-order valence-corrected chi connectivity index (χ3v) is 2.87. The van der Waals surface area contributed by atoms with E-state index in [4.69, 9.17) is 4.74 Å². The maximum atomic E-state index is 12.7. The molecule has 0 atom stereocenters. The van der Waals surface area contributed by atoms with Gasteiger partial charge in [0.2, 0.25) is 0 Å². The summed E-state index contributed by atoms with van der Waals surface area (Å²) in [5.74, 6) is -0.420. The molecule has 6 heteroatoms. The number of rotatable bonds is 3. The molecular formula is C11H10BrF3O2. The molecule has 0 bridgehead atoms. The molecule has 2 nitrogen and oxygen atoms in total. The van der Waals surface area contributed by atoms with Gasteiger partial charge in [-0.1, -0.05) is 0 Å². The average molecular weight is 311 g/mol. The van der Waals surface area contributed by atoms with Crippen LogP contribution in [0.4, 0.5) is 13.2 Å².